The number of nitrogens with one attached hydrogen (secondary N) is 1. The lowest BCUT2D eigenvalue weighted by atomic mass is 9.99. The van der Waals surface area contributed by atoms with Crippen molar-refractivity contribution in [3.05, 3.63) is 71.7 Å². The van der Waals surface area contributed by atoms with Gasteiger partial charge in [0.2, 0.25) is 5.76 Å². The van der Waals surface area contributed by atoms with Crippen LogP contribution < -0.4 is 5.32 Å². The molecule has 0 atom stereocenters. The van der Waals surface area contributed by atoms with Gasteiger partial charge in [-0.05, 0) is 44.5 Å². The van der Waals surface area contributed by atoms with Crippen LogP contribution in [0.15, 0.2) is 59.2 Å². The van der Waals surface area contributed by atoms with Gasteiger partial charge in [-0.3, -0.25) is 5.32 Å². The molecular weight excluding hydrogens is 430 g/mol. The standard InChI is InChI=1S/C24H23NO8/c1-24(2,3)33-22(29)18-17(25-23(30)32-13-14-7-5-4-6-8-14)10-9-15(19(18)26)16-11-12-31-20(16)21(27)28/h4-12,26H,13H2,1-3H3,(H,25,30)(H,27,28). The molecule has 1 amide bonds. The van der Waals surface area contributed by atoms with Gasteiger partial charge in [0.25, 0.3) is 0 Å². The first-order chi connectivity index (χ1) is 15.6. The second-order valence-electron chi connectivity index (χ2n) is 8.04. The highest BCUT2D eigenvalue weighted by atomic mass is 16.6. The lowest BCUT2D eigenvalue weighted by Gasteiger charge is -2.22. The van der Waals surface area contributed by atoms with Crippen LogP contribution in [0, 0.1) is 0 Å². The molecule has 0 fully saturated rings. The zero-order chi connectivity index (χ0) is 24.2. The van der Waals surface area contributed by atoms with E-state index in [9.17, 15) is 24.6 Å². The lowest BCUT2D eigenvalue weighted by molar-refractivity contribution is 0.00680. The molecule has 0 spiro atoms. The quantitative estimate of drug-likeness (QED) is 0.441. The van der Waals surface area contributed by atoms with Crippen LogP contribution in [0.4, 0.5) is 10.5 Å². The minimum absolute atomic E-state index is 0.00446. The van der Waals surface area contributed by atoms with Crippen LogP contribution in [0.1, 0.15) is 47.2 Å². The Labute approximate surface area is 189 Å². The van der Waals surface area contributed by atoms with Crippen LogP contribution in [0.5, 0.6) is 5.75 Å². The average molecular weight is 453 g/mol. The highest BCUT2D eigenvalue weighted by Crippen LogP contribution is 2.39. The highest BCUT2D eigenvalue weighted by molar-refractivity contribution is 6.05. The first-order valence-corrected chi connectivity index (χ1v) is 9.95. The molecule has 0 aliphatic carbocycles. The number of aromatic carboxylic acids is 1. The molecule has 1 aromatic heterocycles. The Morgan fingerprint density at radius 3 is 2.33 bits per heavy atom. The molecule has 3 aromatic rings. The Hall–Kier alpha value is -4.27. The Morgan fingerprint density at radius 1 is 1.00 bits per heavy atom. The van der Waals surface area contributed by atoms with Crippen LogP contribution >= 0.6 is 0 Å². The fourth-order valence-corrected chi connectivity index (χ4v) is 3.00. The fraction of sp³-hybridized carbons (Fsp3) is 0.208. The second kappa shape index (κ2) is 9.47. The van der Waals surface area contributed by atoms with Gasteiger partial charge in [-0.15, -0.1) is 0 Å². The van der Waals surface area contributed by atoms with E-state index in [2.05, 4.69) is 5.32 Å². The normalized spacial score (nSPS) is 11.0. The summed E-state index contributed by atoms with van der Waals surface area (Å²) in [4.78, 5) is 36.7. The summed E-state index contributed by atoms with van der Waals surface area (Å²) in [5.41, 5.74) is -0.472. The van der Waals surface area contributed by atoms with E-state index in [1.807, 2.05) is 6.07 Å². The topological polar surface area (TPSA) is 135 Å². The number of rotatable bonds is 6. The monoisotopic (exact) mass is 453 g/mol. The van der Waals surface area contributed by atoms with E-state index < -0.39 is 35.1 Å². The summed E-state index contributed by atoms with van der Waals surface area (Å²) in [6, 6.07) is 13.0. The molecule has 0 saturated carbocycles. The predicted octanol–water partition coefficient (Wildman–Crippen LogP) is 5.05. The van der Waals surface area contributed by atoms with Gasteiger partial charge in [0.1, 0.15) is 23.5 Å². The molecule has 172 valence electrons. The summed E-state index contributed by atoms with van der Waals surface area (Å²) in [5, 5.41) is 22.7. The van der Waals surface area contributed by atoms with Gasteiger partial charge in [-0.1, -0.05) is 30.3 Å². The summed E-state index contributed by atoms with van der Waals surface area (Å²) in [7, 11) is 0. The third-order valence-corrected chi connectivity index (χ3v) is 4.38. The minimum atomic E-state index is -1.35. The van der Waals surface area contributed by atoms with E-state index in [4.69, 9.17) is 13.9 Å². The first-order valence-electron chi connectivity index (χ1n) is 9.95. The maximum Gasteiger partial charge on any atom is 0.411 e. The second-order valence-corrected chi connectivity index (χ2v) is 8.04. The molecule has 3 rings (SSSR count). The molecular formula is C24H23NO8. The smallest absolute Gasteiger partial charge is 0.411 e. The molecule has 9 heteroatoms. The number of carbonyl (C=O) groups excluding carboxylic acids is 2. The van der Waals surface area contributed by atoms with Crippen molar-refractivity contribution in [2.75, 3.05) is 5.32 Å². The SMILES string of the molecule is CC(C)(C)OC(=O)c1c(NC(=O)OCc2ccccc2)ccc(-c2ccoc2C(=O)O)c1O. The van der Waals surface area contributed by atoms with Gasteiger partial charge < -0.3 is 24.1 Å². The van der Waals surface area contributed by atoms with Crippen LogP contribution in [0.2, 0.25) is 0 Å². The van der Waals surface area contributed by atoms with Gasteiger partial charge in [0.15, 0.2) is 0 Å². The summed E-state index contributed by atoms with van der Waals surface area (Å²) in [6.45, 7) is 4.93. The fourth-order valence-electron chi connectivity index (χ4n) is 3.00. The van der Waals surface area contributed by atoms with Crippen molar-refractivity contribution in [2.24, 2.45) is 0 Å². The lowest BCUT2D eigenvalue weighted by Crippen LogP contribution is -2.25. The van der Waals surface area contributed by atoms with Crippen molar-refractivity contribution in [1.29, 1.82) is 0 Å². The van der Waals surface area contributed by atoms with E-state index in [0.29, 0.717) is 0 Å². The number of hydrogen-bond acceptors (Lipinski definition) is 7. The van der Waals surface area contributed by atoms with E-state index in [-0.39, 0.29) is 29.0 Å². The Bertz CT molecular complexity index is 1170. The Balaban J connectivity index is 1.96. The molecule has 0 saturated heterocycles. The number of phenolic OH excluding ortho intramolecular Hbond substituents is 1. The summed E-state index contributed by atoms with van der Waals surface area (Å²) in [5.74, 6) is -3.25. The Morgan fingerprint density at radius 2 is 1.70 bits per heavy atom. The minimum Gasteiger partial charge on any atom is -0.506 e. The number of anilines is 1. The zero-order valence-electron chi connectivity index (χ0n) is 18.2. The number of esters is 1. The maximum absolute atomic E-state index is 12.9. The number of amides is 1. The third-order valence-electron chi connectivity index (χ3n) is 4.38. The number of ether oxygens (including phenoxy) is 2. The molecule has 9 nitrogen and oxygen atoms in total. The first kappa shape index (κ1) is 23.4. The van der Waals surface area contributed by atoms with Gasteiger partial charge >= 0.3 is 18.0 Å². The highest BCUT2D eigenvalue weighted by Gasteiger charge is 2.28. The molecule has 0 unspecified atom stereocenters. The molecule has 2 aromatic carbocycles. The van der Waals surface area contributed by atoms with E-state index in [1.165, 1.54) is 18.2 Å². The molecule has 33 heavy (non-hydrogen) atoms. The molecule has 3 N–H and O–H groups in total. The largest absolute Gasteiger partial charge is 0.506 e. The van der Waals surface area contributed by atoms with Crippen molar-refractivity contribution < 1.29 is 38.5 Å². The van der Waals surface area contributed by atoms with Crippen molar-refractivity contribution >= 4 is 23.7 Å². The number of carboxylic acid groups (broad SMARTS) is 1. The van der Waals surface area contributed by atoms with Crippen LogP contribution in [0.3, 0.4) is 0 Å². The van der Waals surface area contributed by atoms with E-state index in [1.54, 1.807) is 45.0 Å². The molecule has 1 heterocycles. The van der Waals surface area contributed by atoms with Crippen molar-refractivity contribution in [3.63, 3.8) is 0 Å². The number of benzene rings is 2. The number of hydrogen-bond donors (Lipinski definition) is 3. The Kier molecular flexibility index (Phi) is 6.72. The number of aromatic hydroxyl groups is 1. The average Bonchev–Trinajstić information content (AvgIpc) is 3.22. The zero-order valence-corrected chi connectivity index (χ0v) is 18.2. The third kappa shape index (κ3) is 5.70. The molecule has 0 bridgehead atoms. The number of phenols is 1. The van der Waals surface area contributed by atoms with Crippen molar-refractivity contribution in [2.45, 2.75) is 33.0 Å². The summed E-state index contributed by atoms with van der Waals surface area (Å²) >= 11 is 0. The van der Waals surface area contributed by atoms with Gasteiger partial charge in [-0.2, -0.15) is 0 Å². The number of carboxylic acids is 1. The van der Waals surface area contributed by atoms with Crippen molar-refractivity contribution in [1.82, 2.24) is 0 Å². The number of furan rings is 1. The molecule has 0 aliphatic heterocycles. The summed E-state index contributed by atoms with van der Waals surface area (Å²) in [6.07, 6.45) is 0.295. The van der Waals surface area contributed by atoms with Gasteiger partial charge in [-0.25, -0.2) is 14.4 Å². The van der Waals surface area contributed by atoms with Crippen LogP contribution in [0.25, 0.3) is 11.1 Å². The van der Waals surface area contributed by atoms with Gasteiger partial charge in [0, 0.05) is 11.1 Å². The van der Waals surface area contributed by atoms with Crippen molar-refractivity contribution in [3.8, 4) is 16.9 Å². The summed E-state index contributed by atoms with van der Waals surface area (Å²) < 4.78 is 15.5. The molecule has 0 radical (unpaired) electrons. The maximum atomic E-state index is 12.9. The van der Waals surface area contributed by atoms with Crippen LogP contribution in [-0.4, -0.2) is 33.8 Å². The molecule has 0 aliphatic rings. The van der Waals surface area contributed by atoms with E-state index >= 15 is 0 Å². The van der Waals surface area contributed by atoms with Gasteiger partial charge in [0.05, 0.1) is 12.0 Å². The van der Waals surface area contributed by atoms with E-state index in [0.717, 1.165) is 11.8 Å². The van der Waals surface area contributed by atoms with Crippen LogP contribution in [-0.2, 0) is 16.1 Å². The predicted molar refractivity (Wildman–Crippen MR) is 118 cm³/mol. The number of carbonyl (C=O) groups is 3.